The molecule has 0 aliphatic heterocycles. The minimum Gasteiger partial charge on any atom is -0.477 e. The lowest BCUT2D eigenvalue weighted by Gasteiger charge is -2.09. The molecule has 11 heteroatoms. The highest BCUT2D eigenvalue weighted by atomic mass is 32.2. The monoisotopic (exact) mass is 423 g/mol. The van der Waals surface area contributed by atoms with E-state index in [1.54, 1.807) is 18.2 Å². The molecule has 2 aromatic rings. The summed E-state index contributed by atoms with van der Waals surface area (Å²) in [5.41, 5.74) is 0.455. The Morgan fingerprint density at radius 3 is 2.48 bits per heavy atom. The predicted molar refractivity (Wildman–Crippen MR) is 104 cm³/mol. The van der Waals surface area contributed by atoms with Gasteiger partial charge in [-0.1, -0.05) is 24.3 Å². The zero-order chi connectivity index (χ0) is 21.3. The lowest BCUT2D eigenvalue weighted by molar-refractivity contribution is -0.385. The SMILES string of the molecule is COCCNS(=O)(=O)c1ccc(CNC(=O)COc2ccccc2[N+](=O)[O-])cc1. The van der Waals surface area contributed by atoms with Gasteiger partial charge in [0.2, 0.25) is 10.0 Å². The average Bonchev–Trinajstić information content (AvgIpc) is 2.71. The number of nitrogens with zero attached hydrogens (tertiary/aromatic N) is 1. The molecule has 156 valence electrons. The standard InChI is InChI=1S/C18H21N3O7S/c1-27-11-10-20-29(25,26)15-8-6-14(7-9-15)12-19-18(22)13-28-17-5-3-2-4-16(17)21(23)24/h2-9,20H,10-13H2,1H3,(H,19,22). The Kier molecular flexibility index (Phi) is 8.07. The number of carbonyl (C=O) groups is 1. The van der Waals surface area contributed by atoms with E-state index < -0.39 is 20.9 Å². The lowest BCUT2D eigenvalue weighted by Crippen LogP contribution is -2.28. The van der Waals surface area contributed by atoms with Crippen molar-refractivity contribution >= 4 is 21.6 Å². The first kappa shape index (κ1) is 22.3. The summed E-state index contributed by atoms with van der Waals surface area (Å²) in [6.07, 6.45) is 0. The molecular weight excluding hydrogens is 402 g/mol. The maximum absolute atomic E-state index is 12.1. The summed E-state index contributed by atoms with van der Waals surface area (Å²) in [6.45, 7) is 0.186. The molecule has 0 atom stereocenters. The van der Waals surface area contributed by atoms with Gasteiger partial charge in [0.15, 0.2) is 12.4 Å². The Balaban J connectivity index is 1.85. The average molecular weight is 423 g/mol. The number of hydrogen-bond acceptors (Lipinski definition) is 7. The van der Waals surface area contributed by atoms with Crippen molar-refractivity contribution in [2.45, 2.75) is 11.4 Å². The zero-order valence-electron chi connectivity index (χ0n) is 15.7. The van der Waals surface area contributed by atoms with E-state index >= 15 is 0 Å². The molecule has 0 radical (unpaired) electrons. The van der Waals surface area contributed by atoms with Crippen LogP contribution in [-0.2, 0) is 26.1 Å². The first-order valence-corrected chi connectivity index (χ1v) is 10.0. The minimum atomic E-state index is -3.62. The minimum absolute atomic E-state index is 0.00295. The summed E-state index contributed by atoms with van der Waals surface area (Å²) < 4.78 is 36.6. The van der Waals surface area contributed by atoms with Crippen molar-refractivity contribution in [3.05, 3.63) is 64.2 Å². The summed E-state index contributed by atoms with van der Waals surface area (Å²) in [4.78, 5) is 22.4. The molecule has 0 saturated carbocycles. The second kappa shape index (κ2) is 10.5. The van der Waals surface area contributed by atoms with Gasteiger partial charge in [-0.2, -0.15) is 0 Å². The number of sulfonamides is 1. The van der Waals surface area contributed by atoms with E-state index in [9.17, 15) is 23.3 Å². The van der Waals surface area contributed by atoms with Gasteiger partial charge in [0.05, 0.1) is 16.4 Å². The number of nitro groups is 1. The number of ether oxygens (including phenoxy) is 2. The van der Waals surface area contributed by atoms with Gasteiger partial charge in [0.1, 0.15) is 0 Å². The third kappa shape index (κ3) is 6.82. The van der Waals surface area contributed by atoms with Crippen LogP contribution in [-0.4, -0.2) is 46.1 Å². The molecule has 2 N–H and O–H groups in total. The molecule has 2 aromatic carbocycles. The van der Waals surface area contributed by atoms with E-state index in [0.717, 1.165) is 0 Å². The Bertz CT molecular complexity index is 946. The number of rotatable bonds is 11. The van der Waals surface area contributed by atoms with Crippen LogP contribution in [0.2, 0.25) is 0 Å². The first-order valence-electron chi connectivity index (χ1n) is 8.54. The third-order valence-corrected chi connectivity index (χ3v) is 5.22. The van der Waals surface area contributed by atoms with E-state index in [-0.39, 0.29) is 42.6 Å². The maximum Gasteiger partial charge on any atom is 0.310 e. The fraction of sp³-hybridized carbons (Fsp3) is 0.278. The summed E-state index contributed by atoms with van der Waals surface area (Å²) >= 11 is 0. The van der Waals surface area contributed by atoms with Gasteiger partial charge in [-0.3, -0.25) is 14.9 Å². The molecule has 0 aliphatic rings. The molecule has 0 aliphatic carbocycles. The van der Waals surface area contributed by atoms with E-state index in [1.165, 1.54) is 37.4 Å². The van der Waals surface area contributed by atoms with Crippen molar-refractivity contribution < 1.29 is 27.6 Å². The molecule has 0 saturated heterocycles. The first-order chi connectivity index (χ1) is 13.8. The number of methoxy groups -OCH3 is 1. The smallest absolute Gasteiger partial charge is 0.310 e. The molecule has 0 unspecified atom stereocenters. The van der Waals surface area contributed by atoms with Crippen LogP contribution in [0, 0.1) is 10.1 Å². The van der Waals surface area contributed by atoms with Gasteiger partial charge < -0.3 is 14.8 Å². The molecule has 0 spiro atoms. The maximum atomic E-state index is 12.1. The second-order valence-electron chi connectivity index (χ2n) is 5.82. The summed E-state index contributed by atoms with van der Waals surface area (Å²) in [5, 5.41) is 13.5. The van der Waals surface area contributed by atoms with Gasteiger partial charge in [-0.25, -0.2) is 13.1 Å². The summed E-state index contributed by atoms with van der Waals surface area (Å²) in [6, 6.07) is 11.8. The van der Waals surface area contributed by atoms with Crippen molar-refractivity contribution in [1.29, 1.82) is 0 Å². The van der Waals surface area contributed by atoms with Crippen LogP contribution in [0.1, 0.15) is 5.56 Å². The molecule has 0 heterocycles. The fourth-order valence-electron chi connectivity index (χ4n) is 2.27. The predicted octanol–water partition coefficient (Wildman–Crippen LogP) is 1.21. The third-order valence-electron chi connectivity index (χ3n) is 3.74. The molecule has 0 aromatic heterocycles. The summed E-state index contributed by atoms with van der Waals surface area (Å²) in [5.74, 6) is -0.468. The van der Waals surface area contributed by atoms with Gasteiger partial charge in [0.25, 0.3) is 5.91 Å². The van der Waals surface area contributed by atoms with Crippen LogP contribution in [0.3, 0.4) is 0 Å². The van der Waals surface area contributed by atoms with Crippen molar-refractivity contribution in [3.63, 3.8) is 0 Å². The Labute approximate surface area is 168 Å². The largest absolute Gasteiger partial charge is 0.477 e. The van der Waals surface area contributed by atoms with Crippen molar-refractivity contribution in [1.82, 2.24) is 10.0 Å². The van der Waals surface area contributed by atoms with Gasteiger partial charge in [-0.05, 0) is 23.8 Å². The van der Waals surface area contributed by atoms with E-state index in [4.69, 9.17) is 9.47 Å². The highest BCUT2D eigenvalue weighted by molar-refractivity contribution is 7.89. The quantitative estimate of drug-likeness (QED) is 0.315. The number of benzene rings is 2. The highest BCUT2D eigenvalue weighted by Gasteiger charge is 2.15. The van der Waals surface area contributed by atoms with E-state index in [0.29, 0.717) is 5.56 Å². The van der Waals surface area contributed by atoms with Crippen LogP contribution >= 0.6 is 0 Å². The van der Waals surface area contributed by atoms with E-state index in [2.05, 4.69) is 10.0 Å². The van der Waals surface area contributed by atoms with Gasteiger partial charge >= 0.3 is 5.69 Å². The van der Waals surface area contributed by atoms with Crippen molar-refractivity contribution in [2.24, 2.45) is 0 Å². The number of nitrogens with one attached hydrogen (secondary N) is 2. The number of amides is 1. The van der Waals surface area contributed by atoms with Crippen LogP contribution in [0.5, 0.6) is 5.75 Å². The molecule has 1 amide bonds. The van der Waals surface area contributed by atoms with Gasteiger partial charge in [0, 0.05) is 26.3 Å². The van der Waals surface area contributed by atoms with Gasteiger partial charge in [-0.15, -0.1) is 0 Å². The van der Waals surface area contributed by atoms with Crippen LogP contribution < -0.4 is 14.8 Å². The molecule has 2 rings (SSSR count). The fourth-order valence-corrected chi connectivity index (χ4v) is 3.29. The molecule has 10 nitrogen and oxygen atoms in total. The van der Waals surface area contributed by atoms with Crippen molar-refractivity contribution in [2.75, 3.05) is 26.9 Å². The highest BCUT2D eigenvalue weighted by Crippen LogP contribution is 2.25. The molecule has 0 fully saturated rings. The van der Waals surface area contributed by atoms with Crippen LogP contribution in [0.25, 0.3) is 0 Å². The second-order valence-corrected chi connectivity index (χ2v) is 7.59. The number of hydrogen-bond donors (Lipinski definition) is 2. The topological polar surface area (TPSA) is 137 Å². The van der Waals surface area contributed by atoms with E-state index in [1.807, 2.05) is 0 Å². The molecule has 29 heavy (non-hydrogen) atoms. The van der Waals surface area contributed by atoms with Crippen molar-refractivity contribution in [3.8, 4) is 5.75 Å². The van der Waals surface area contributed by atoms with Crippen LogP contribution in [0.15, 0.2) is 53.4 Å². The molecule has 0 bridgehead atoms. The molecular formula is C18H21N3O7S. The Morgan fingerprint density at radius 2 is 1.83 bits per heavy atom. The lowest BCUT2D eigenvalue weighted by atomic mass is 10.2. The zero-order valence-corrected chi connectivity index (χ0v) is 16.5. The normalized spacial score (nSPS) is 11.1. The number of para-hydroxylation sites is 2. The number of carbonyl (C=O) groups excluding carboxylic acids is 1. The number of nitro benzene ring substituents is 1. The Morgan fingerprint density at radius 1 is 1.14 bits per heavy atom. The van der Waals surface area contributed by atoms with Crippen LogP contribution in [0.4, 0.5) is 5.69 Å². The Hall–Kier alpha value is -3.02. The summed E-state index contributed by atoms with van der Waals surface area (Å²) in [7, 11) is -2.15.